The number of anilines is 1. The van der Waals surface area contributed by atoms with E-state index < -0.39 is 18.9 Å². The molecule has 0 atom stereocenters. The lowest BCUT2D eigenvalue weighted by molar-refractivity contribution is 0.0797. The average molecular weight is 346 g/mol. The van der Waals surface area contributed by atoms with Crippen LogP contribution >= 0.6 is 0 Å². The first-order valence-electron chi connectivity index (χ1n) is 7.12. The Balaban J connectivity index is 1.78. The second-order valence-electron chi connectivity index (χ2n) is 4.76. The molecule has 25 heavy (non-hydrogen) atoms. The molecule has 0 aliphatic rings. The van der Waals surface area contributed by atoms with Gasteiger partial charge >= 0.3 is 0 Å². The highest BCUT2D eigenvalue weighted by Gasteiger charge is 2.14. The van der Waals surface area contributed by atoms with Crippen LogP contribution in [0.5, 0.6) is 5.88 Å². The van der Waals surface area contributed by atoms with Gasteiger partial charge in [0.25, 0.3) is 18.2 Å². The highest BCUT2D eigenvalue weighted by molar-refractivity contribution is 6.04. The van der Waals surface area contributed by atoms with Crippen molar-refractivity contribution >= 4 is 11.7 Å². The molecule has 0 aliphatic carbocycles. The van der Waals surface area contributed by atoms with Crippen LogP contribution in [0.15, 0.2) is 49.3 Å². The van der Waals surface area contributed by atoms with Gasteiger partial charge in [0.05, 0.1) is 5.69 Å². The van der Waals surface area contributed by atoms with Crippen molar-refractivity contribution in [2.45, 2.75) is 6.43 Å². The maximum absolute atomic E-state index is 12.4. The summed E-state index contributed by atoms with van der Waals surface area (Å²) in [6.07, 6.45) is 2.80. The zero-order valence-electron chi connectivity index (χ0n) is 12.7. The molecule has 1 N–H and O–H groups in total. The number of carbonyl (C=O) groups excluding carboxylic acids is 1. The normalized spacial score (nSPS) is 10.7. The Kier molecular flexibility index (Phi) is 4.88. The van der Waals surface area contributed by atoms with Crippen LogP contribution in [0.1, 0.15) is 10.4 Å². The number of aromatic nitrogens is 5. The molecule has 0 radical (unpaired) electrons. The fraction of sp³-hybridized carbons (Fsp3) is 0.133. The van der Waals surface area contributed by atoms with Gasteiger partial charge in [-0.15, -0.1) is 0 Å². The van der Waals surface area contributed by atoms with E-state index in [0.29, 0.717) is 11.3 Å². The summed E-state index contributed by atoms with van der Waals surface area (Å²) in [7, 11) is 0. The minimum atomic E-state index is -2.66. The zero-order chi connectivity index (χ0) is 17.6. The molecule has 0 bridgehead atoms. The van der Waals surface area contributed by atoms with E-state index in [-0.39, 0.29) is 11.7 Å². The van der Waals surface area contributed by atoms with E-state index in [2.05, 4.69) is 25.4 Å². The summed E-state index contributed by atoms with van der Waals surface area (Å²) in [6, 6.07) is 6.62. The zero-order valence-corrected chi connectivity index (χ0v) is 12.7. The van der Waals surface area contributed by atoms with E-state index in [1.165, 1.54) is 29.7 Å². The van der Waals surface area contributed by atoms with Crippen LogP contribution in [0.3, 0.4) is 0 Å². The SMILES string of the molecule is O=C(Nc1nccnc1OCC(F)F)c1cccc(-n2cncn2)c1. The highest BCUT2D eigenvalue weighted by Crippen LogP contribution is 2.19. The Labute approximate surface area is 140 Å². The number of benzene rings is 1. The van der Waals surface area contributed by atoms with Crippen LogP contribution < -0.4 is 10.1 Å². The van der Waals surface area contributed by atoms with E-state index in [9.17, 15) is 13.6 Å². The van der Waals surface area contributed by atoms with Crippen LogP contribution in [0, 0.1) is 0 Å². The van der Waals surface area contributed by atoms with Crippen molar-refractivity contribution in [1.82, 2.24) is 24.7 Å². The molecule has 3 rings (SSSR count). The van der Waals surface area contributed by atoms with Gasteiger partial charge in [0, 0.05) is 18.0 Å². The Morgan fingerprint density at radius 1 is 1.28 bits per heavy atom. The predicted octanol–water partition coefficient (Wildman–Crippen LogP) is 1.95. The number of rotatable bonds is 6. The second kappa shape index (κ2) is 7.43. The van der Waals surface area contributed by atoms with Gasteiger partial charge in [0.1, 0.15) is 12.7 Å². The first kappa shape index (κ1) is 16.4. The van der Waals surface area contributed by atoms with Crippen molar-refractivity contribution in [3.63, 3.8) is 0 Å². The van der Waals surface area contributed by atoms with Gasteiger partial charge in [-0.3, -0.25) is 4.79 Å². The van der Waals surface area contributed by atoms with Gasteiger partial charge < -0.3 is 10.1 Å². The molecule has 0 saturated carbocycles. The maximum Gasteiger partial charge on any atom is 0.272 e. The first-order valence-corrected chi connectivity index (χ1v) is 7.12. The third-order valence-electron chi connectivity index (χ3n) is 3.03. The lowest BCUT2D eigenvalue weighted by Crippen LogP contribution is -2.16. The molecule has 1 aromatic carbocycles. The van der Waals surface area contributed by atoms with Crippen molar-refractivity contribution in [2.24, 2.45) is 0 Å². The van der Waals surface area contributed by atoms with Crippen molar-refractivity contribution < 1.29 is 18.3 Å². The molecule has 1 amide bonds. The van der Waals surface area contributed by atoms with Crippen LogP contribution in [-0.2, 0) is 0 Å². The summed E-state index contributed by atoms with van der Waals surface area (Å²) in [6.45, 7) is -0.844. The van der Waals surface area contributed by atoms with Gasteiger partial charge in [-0.05, 0) is 18.2 Å². The van der Waals surface area contributed by atoms with Gasteiger partial charge in [0.2, 0.25) is 0 Å². The molecule has 10 heteroatoms. The number of halogens is 2. The highest BCUT2D eigenvalue weighted by atomic mass is 19.3. The first-order chi connectivity index (χ1) is 12.1. The Morgan fingerprint density at radius 3 is 2.88 bits per heavy atom. The van der Waals surface area contributed by atoms with E-state index >= 15 is 0 Å². The summed E-state index contributed by atoms with van der Waals surface area (Å²) in [5.41, 5.74) is 0.955. The number of nitrogens with one attached hydrogen (secondary N) is 1. The molecular formula is C15H12F2N6O2. The number of alkyl halides is 2. The lowest BCUT2D eigenvalue weighted by atomic mass is 10.2. The van der Waals surface area contributed by atoms with Crippen LogP contribution in [0.2, 0.25) is 0 Å². The van der Waals surface area contributed by atoms with E-state index in [1.54, 1.807) is 24.3 Å². The molecule has 0 spiro atoms. The summed E-state index contributed by atoms with van der Waals surface area (Å²) in [5.74, 6) is -0.716. The van der Waals surface area contributed by atoms with Gasteiger partial charge in [-0.1, -0.05) is 6.07 Å². The van der Waals surface area contributed by atoms with Gasteiger partial charge in [0.15, 0.2) is 12.4 Å². The topological polar surface area (TPSA) is 94.8 Å². The van der Waals surface area contributed by atoms with Crippen molar-refractivity contribution in [3.05, 3.63) is 54.9 Å². The second-order valence-corrected chi connectivity index (χ2v) is 4.76. The van der Waals surface area contributed by atoms with Crippen molar-refractivity contribution in [3.8, 4) is 11.6 Å². The third kappa shape index (κ3) is 4.10. The molecule has 0 fully saturated rings. The molecule has 2 aromatic heterocycles. The van der Waals surface area contributed by atoms with E-state index in [4.69, 9.17) is 4.74 Å². The third-order valence-corrected chi connectivity index (χ3v) is 3.03. The van der Waals surface area contributed by atoms with E-state index in [1.807, 2.05) is 0 Å². The van der Waals surface area contributed by atoms with Gasteiger partial charge in [-0.2, -0.15) is 5.10 Å². The molecule has 0 saturated heterocycles. The van der Waals surface area contributed by atoms with Gasteiger partial charge in [-0.25, -0.2) is 28.4 Å². The van der Waals surface area contributed by atoms with E-state index in [0.717, 1.165) is 0 Å². The van der Waals surface area contributed by atoms with Crippen molar-refractivity contribution in [2.75, 3.05) is 11.9 Å². The maximum atomic E-state index is 12.4. The number of hydrogen-bond acceptors (Lipinski definition) is 6. The molecular weight excluding hydrogens is 334 g/mol. The quantitative estimate of drug-likeness (QED) is 0.733. The number of ether oxygens (including phenoxy) is 1. The fourth-order valence-electron chi connectivity index (χ4n) is 1.97. The van der Waals surface area contributed by atoms with Crippen LogP contribution in [0.4, 0.5) is 14.6 Å². The minimum absolute atomic E-state index is 0.0423. The number of amides is 1. The molecule has 2 heterocycles. The predicted molar refractivity (Wildman–Crippen MR) is 82.8 cm³/mol. The number of carbonyl (C=O) groups is 1. The monoisotopic (exact) mass is 346 g/mol. The van der Waals surface area contributed by atoms with Crippen molar-refractivity contribution in [1.29, 1.82) is 0 Å². The fourth-order valence-corrected chi connectivity index (χ4v) is 1.97. The Hall–Kier alpha value is -3.43. The summed E-state index contributed by atoms with van der Waals surface area (Å²) in [5, 5.41) is 6.48. The number of nitrogens with zero attached hydrogens (tertiary/aromatic N) is 5. The largest absolute Gasteiger partial charge is 0.469 e. The average Bonchev–Trinajstić information content (AvgIpc) is 3.16. The summed E-state index contributed by atoms with van der Waals surface area (Å²) < 4.78 is 30.9. The van der Waals surface area contributed by atoms with Crippen LogP contribution in [0.25, 0.3) is 5.69 Å². The summed E-state index contributed by atoms with van der Waals surface area (Å²) >= 11 is 0. The molecule has 0 aliphatic heterocycles. The van der Waals surface area contributed by atoms with Crippen LogP contribution in [-0.4, -0.2) is 43.7 Å². The lowest BCUT2D eigenvalue weighted by Gasteiger charge is -2.10. The standard InChI is InChI=1S/C15H12F2N6O2/c16-12(17)7-25-15-13(19-4-5-20-15)22-14(24)10-2-1-3-11(6-10)23-9-18-8-21-23/h1-6,8-9,12H,7H2,(H,19,22,24). The molecule has 128 valence electrons. The molecule has 8 nitrogen and oxygen atoms in total. The molecule has 3 aromatic rings. The number of hydrogen-bond donors (Lipinski definition) is 1. The molecule has 0 unspecified atom stereocenters. The summed E-state index contributed by atoms with van der Waals surface area (Å²) in [4.78, 5) is 23.9. The minimum Gasteiger partial charge on any atom is -0.469 e. The Bertz CT molecular complexity index is 857. The Morgan fingerprint density at radius 2 is 2.12 bits per heavy atom. The smallest absolute Gasteiger partial charge is 0.272 e.